The number of aromatic nitrogens is 4. The van der Waals surface area contributed by atoms with E-state index in [1.165, 1.54) is 10.7 Å². The summed E-state index contributed by atoms with van der Waals surface area (Å²) >= 11 is 0. The first kappa shape index (κ1) is 7.78. The number of imidazole rings is 1. The molecule has 6 nitrogen and oxygen atoms in total. The first-order valence-electron chi connectivity index (χ1n) is 3.71. The van der Waals surface area contributed by atoms with Crippen LogP contribution in [0.1, 0.15) is 16.3 Å². The molecule has 0 saturated heterocycles. The van der Waals surface area contributed by atoms with Crippen molar-refractivity contribution in [1.29, 1.82) is 0 Å². The Morgan fingerprint density at radius 3 is 2.92 bits per heavy atom. The second-order valence-electron chi connectivity index (χ2n) is 2.77. The van der Waals surface area contributed by atoms with E-state index in [2.05, 4.69) is 10.1 Å². The van der Waals surface area contributed by atoms with Crippen molar-refractivity contribution in [2.75, 3.05) is 0 Å². The minimum atomic E-state index is -1.02. The molecule has 6 heteroatoms. The fourth-order valence-electron chi connectivity index (χ4n) is 1.17. The molecule has 0 radical (unpaired) electrons. The summed E-state index contributed by atoms with van der Waals surface area (Å²) in [6, 6.07) is 0. The molecule has 0 aliphatic carbocycles. The number of fused-ring (bicyclic) bond motifs is 1. The normalized spacial score (nSPS) is 10.9. The maximum atomic E-state index is 10.7. The predicted octanol–water partition coefficient (Wildman–Crippen LogP) is 0.0744. The highest BCUT2D eigenvalue weighted by Gasteiger charge is 2.14. The van der Waals surface area contributed by atoms with Gasteiger partial charge in [0, 0.05) is 7.05 Å². The van der Waals surface area contributed by atoms with Crippen LogP contribution in [0.3, 0.4) is 0 Å². The molecule has 2 aromatic heterocycles. The lowest BCUT2D eigenvalue weighted by Gasteiger charge is -1.88. The Balaban J connectivity index is 2.82. The summed E-state index contributed by atoms with van der Waals surface area (Å²) in [7, 11) is 1.79. The molecular weight excluding hydrogens is 172 g/mol. The Bertz CT molecular complexity index is 482. The number of carbonyl (C=O) groups is 1. The molecule has 0 fully saturated rings. The summed E-state index contributed by atoms with van der Waals surface area (Å²) in [5.41, 5.74) is 0.0821. The van der Waals surface area contributed by atoms with Crippen LogP contribution in [0.15, 0.2) is 6.20 Å². The van der Waals surface area contributed by atoms with Crippen molar-refractivity contribution in [1.82, 2.24) is 19.2 Å². The average Bonchev–Trinajstić information content (AvgIpc) is 2.55. The number of hydrogen-bond acceptors (Lipinski definition) is 3. The van der Waals surface area contributed by atoms with Gasteiger partial charge in [-0.15, -0.1) is 0 Å². The highest BCUT2D eigenvalue weighted by Crippen LogP contribution is 2.06. The van der Waals surface area contributed by atoms with Gasteiger partial charge in [-0.2, -0.15) is 9.61 Å². The van der Waals surface area contributed by atoms with Crippen LogP contribution in [0, 0.1) is 6.92 Å². The molecule has 0 amide bonds. The van der Waals surface area contributed by atoms with E-state index in [1.54, 1.807) is 18.5 Å². The number of hydrogen-bond donors (Lipinski definition) is 1. The number of carboxylic acid groups (broad SMARTS) is 1. The minimum Gasteiger partial charge on any atom is -0.476 e. The van der Waals surface area contributed by atoms with E-state index in [-0.39, 0.29) is 5.69 Å². The van der Waals surface area contributed by atoms with Crippen molar-refractivity contribution in [2.45, 2.75) is 6.92 Å². The second-order valence-corrected chi connectivity index (χ2v) is 2.77. The van der Waals surface area contributed by atoms with Crippen LogP contribution in [-0.4, -0.2) is 30.2 Å². The summed E-state index contributed by atoms with van der Waals surface area (Å²) in [5.74, 6) is 0.242. The molecular formula is C7H8N4O2. The lowest BCUT2D eigenvalue weighted by atomic mass is 10.5. The molecule has 0 saturated carbocycles. The van der Waals surface area contributed by atoms with Crippen LogP contribution in [0.4, 0.5) is 0 Å². The fourth-order valence-corrected chi connectivity index (χ4v) is 1.17. The first-order chi connectivity index (χ1) is 6.11. The van der Waals surface area contributed by atoms with Gasteiger partial charge in [0.05, 0.1) is 6.20 Å². The summed E-state index contributed by atoms with van der Waals surface area (Å²) in [6.07, 6.45) is 1.30. The van der Waals surface area contributed by atoms with Crippen molar-refractivity contribution >= 4 is 11.7 Å². The molecule has 0 spiro atoms. The highest BCUT2D eigenvalue weighted by molar-refractivity contribution is 5.86. The summed E-state index contributed by atoms with van der Waals surface area (Å²) in [4.78, 5) is 14.6. The molecule has 13 heavy (non-hydrogen) atoms. The van der Waals surface area contributed by atoms with E-state index >= 15 is 0 Å². The third-order valence-corrected chi connectivity index (χ3v) is 1.97. The Kier molecular flexibility index (Phi) is 1.39. The van der Waals surface area contributed by atoms with Crippen molar-refractivity contribution in [2.24, 2.45) is 7.05 Å². The predicted molar refractivity (Wildman–Crippen MR) is 43.7 cm³/mol. The van der Waals surface area contributed by atoms with Gasteiger partial charge in [-0.25, -0.2) is 9.78 Å². The van der Waals surface area contributed by atoms with E-state index in [9.17, 15) is 4.79 Å². The third kappa shape index (κ3) is 0.915. The zero-order valence-electron chi connectivity index (χ0n) is 7.22. The standard InChI is InChI=1S/C7H8N4O2/c1-4-9-11-5(6(12)13)3-8-7(11)10(4)2/h3H,1-2H3,(H,12,13). The summed E-state index contributed by atoms with van der Waals surface area (Å²) in [5, 5.41) is 12.8. The number of aryl methyl sites for hydroxylation is 2. The summed E-state index contributed by atoms with van der Waals surface area (Å²) in [6.45, 7) is 1.79. The Hall–Kier alpha value is -1.85. The lowest BCUT2D eigenvalue weighted by Crippen LogP contribution is -2.01. The monoisotopic (exact) mass is 180 g/mol. The number of carboxylic acids is 1. The molecule has 1 N–H and O–H groups in total. The third-order valence-electron chi connectivity index (χ3n) is 1.97. The molecule has 0 aromatic carbocycles. The number of rotatable bonds is 1. The topological polar surface area (TPSA) is 72.4 Å². The van der Waals surface area contributed by atoms with Gasteiger partial charge in [0.15, 0.2) is 5.69 Å². The van der Waals surface area contributed by atoms with E-state index in [4.69, 9.17) is 5.11 Å². The minimum absolute atomic E-state index is 0.0821. The highest BCUT2D eigenvalue weighted by atomic mass is 16.4. The van der Waals surface area contributed by atoms with Crippen LogP contribution >= 0.6 is 0 Å². The van der Waals surface area contributed by atoms with Gasteiger partial charge in [0.2, 0.25) is 5.78 Å². The Morgan fingerprint density at radius 2 is 2.31 bits per heavy atom. The average molecular weight is 180 g/mol. The first-order valence-corrected chi connectivity index (χ1v) is 3.71. The Labute approximate surface area is 73.4 Å². The van der Waals surface area contributed by atoms with Gasteiger partial charge in [-0.05, 0) is 6.92 Å². The maximum Gasteiger partial charge on any atom is 0.356 e. The van der Waals surface area contributed by atoms with Crippen LogP contribution in [0.25, 0.3) is 5.78 Å². The molecule has 2 aromatic rings. The van der Waals surface area contributed by atoms with Crippen molar-refractivity contribution < 1.29 is 9.90 Å². The van der Waals surface area contributed by atoms with E-state index in [0.717, 1.165) is 5.82 Å². The van der Waals surface area contributed by atoms with E-state index in [0.29, 0.717) is 5.78 Å². The largest absolute Gasteiger partial charge is 0.476 e. The SMILES string of the molecule is Cc1nn2c(C(=O)O)cnc2n1C. The smallest absolute Gasteiger partial charge is 0.356 e. The lowest BCUT2D eigenvalue weighted by molar-refractivity contribution is 0.0688. The van der Waals surface area contributed by atoms with Crippen LogP contribution in [0.2, 0.25) is 0 Å². The number of nitrogens with zero attached hydrogens (tertiary/aromatic N) is 4. The zero-order chi connectivity index (χ0) is 9.59. The van der Waals surface area contributed by atoms with Gasteiger partial charge >= 0.3 is 5.97 Å². The van der Waals surface area contributed by atoms with Crippen LogP contribution < -0.4 is 0 Å². The molecule has 2 rings (SSSR count). The van der Waals surface area contributed by atoms with Crippen molar-refractivity contribution in [3.63, 3.8) is 0 Å². The summed E-state index contributed by atoms with van der Waals surface area (Å²) < 4.78 is 3.05. The van der Waals surface area contributed by atoms with Crippen molar-refractivity contribution in [3.05, 3.63) is 17.7 Å². The molecule has 0 unspecified atom stereocenters. The zero-order valence-corrected chi connectivity index (χ0v) is 7.22. The van der Waals surface area contributed by atoms with Crippen LogP contribution in [-0.2, 0) is 7.05 Å². The van der Waals surface area contributed by atoms with Gasteiger partial charge in [0.25, 0.3) is 0 Å². The fraction of sp³-hybridized carbons (Fsp3) is 0.286. The number of aromatic carboxylic acids is 1. The van der Waals surface area contributed by atoms with Gasteiger partial charge < -0.3 is 9.67 Å². The Morgan fingerprint density at radius 1 is 1.62 bits per heavy atom. The molecule has 68 valence electrons. The quantitative estimate of drug-likeness (QED) is 0.674. The molecule has 0 bridgehead atoms. The van der Waals surface area contributed by atoms with Gasteiger partial charge in [-0.1, -0.05) is 0 Å². The molecule has 0 atom stereocenters. The van der Waals surface area contributed by atoms with Crippen molar-refractivity contribution in [3.8, 4) is 0 Å². The van der Waals surface area contributed by atoms with Gasteiger partial charge in [0.1, 0.15) is 5.82 Å². The van der Waals surface area contributed by atoms with E-state index in [1.807, 2.05) is 0 Å². The van der Waals surface area contributed by atoms with Crippen LogP contribution in [0.5, 0.6) is 0 Å². The van der Waals surface area contributed by atoms with Gasteiger partial charge in [-0.3, -0.25) is 0 Å². The molecule has 0 aliphatic heterocycles. The molecule has 0 aliphatic rings. The van der Waals surface area contributed by atoms with E-state index < -0.39 is 5.97 Å². The maximum absolute atomic E-state index is 10.7. The molecule has 2 heterocycles. The second kappa shape index (κ2) is 2.32.